The van der Waals surface area contributed by atoms with Crippen LogP contribution in [0.15, 0.2) is 30.3 Å². The van der Waals surface area contributed by atoms with E-state index < -0.39 is 6.61 Å². The summed E-state index contributed by atoms with van der Waals surface area (Å²) < 4.78 is 39.6. The number of hydrogen-bond donors (Lipinski definition) is 2. The van der Waals surface area contributed by atoms with Crippen molar-refractivity contribution in [1.29, 1.82) is 0 Å². The average Bonchev–Trinajstić information content (AvgIpc) is 2.62. The zero-order chi connectivity index (χ0) is 19.4. The predicted molar refractivity (Wildman–Crippen MR) is 97.6 cm³/mol. The maximum Gasteiger partial charge on any atom is 0.387 e. The van der Waals surface area contributed by atoms with Crippen LogP contribution in [0.2, 0.25) is 10.0 Å². The smallest absolute Gasteiger partial charge is 0.387 e. The Morgan fingerprint density at radius 2 is 1.81 bits per heavy atom. The van der Waals surface area contributed by atoms with Gasteiger partial charge in [-0.1, -0.05) is 23.2 Å². The summed E-state index contributed by atoms with van der Waals surface area (Å²) in [6.07, 6.45) is 0. The van der Waals surface area contributed by atoms with Gasteiger partial charge in [0.2, 0.25) is 5.91 Å². The van der Waals surface area contributed by atoms with Crippen LogP contribution in [0.3, 0.4) is 0 Å². The Kier molecular flexibility index (Phi) is 6.08. The maximum absolute atomic E-state index is 12.2. The van der Waals surface area contributed by atoms with Gasteiger partial charge in [0.15, 0.2) is 11.5 Å². The van der Waals surface area contributed by atoms with Gasteiger partial charge in [0, 0.05) is 17.8 Å². The van der Waals surface area contributed by atoms with Gasteiger partial charge >= 0.3 is 6.61 Å². The number of ether oxygens (including phenoxy) is 3. The van der Waals surface area contributed by atoms with E-state index in [0.29, 0.717) is 41.1 Å². The van der Waals surface area contributed by atoms with E-state index in [1.54, 1.807) is 12.1 Å². The molecule has 0 spiro atoms. The van der Waals surface area contributed by atoms with Crippen LogP contribution >= 0.6 is 23.2 Å². The van der Waals surface area contributed by atoms with Gasteiger partial charge in [0.1, 0.15) is 19.0 Å². The van der Waals surface area contributed by atoms with Gasteiger partial charge in [0.05, 0.1) is 22.3 Å². The van der Waals surface area contributed by atoms with E-state index in [2.05, 4.69) is 15.4 Å². The summed E-state index contributed by atoms with van der Waals surface area (Å²) in [4.78, 5) is 12.1. The number of benzene rings is 2. The molecule has 1 aliphatic heterocycles. The summed E-state index contributed by atoms with van der Waals surface area (Å²) in [6, 6.07) is 7.28. The minimum atomic E-state index is -2.97. The highest BCUT2D eigenvalue weighted by Crippen LogP contribution is 2.38. The second-order valence-electron chi connectivity index (χ2n) is 5.40. The molecule has 3 rings (SSSR count). The number of alkyl halides is 2. The lowest BCUT2D eigenvalue weighted by molar-refractivity contribution is -0.114. The molecule has 2 N–H and O–H groups in total. The molecule has 0 saturated carbocycles. The molecule has 0 saturated heterocycles. The molecule has 1 aliphatic rings. The summed E-state index contributed by atoms with van der Waals surface area (Å²) in [5, 5.41) is 5.79. The molecule has 6 nitrogen and oxygen atoms in total. The Labute approximate surface area is 163 Å². The lowest BCUT2D eigenvalue weighted by Gasteiger charge is -2.20. The number of carbonyl (C=O) groups excluding carboxylic acids is 1. The van der Waals surface area contributed by atoms with Gasteiger partial charge in [-0.3, -0.25) is 4.79 Å². The number of nitrogens with one attached hydrogen (secondary N) is 2. The van der Waals surface area contributed by atoms with Crippen LogP contribution in [0.25, 0.3) is 0 Å². The molecule has 27 heavy (non-hydrogen) atoms. The first kappa shape index (κ1) is 19.3. The van der Waals surface area contributed by atoms with E-state index in [0.717, 1.165) is 0 Å². The molecular weight excluding hydrogens is 405 g/mol. The molecule has 0 atom stereocenters. The fourth-order valence-electron chi connectivity index (χ4n) is 2.34. The summed E-state index contributed by atoms with van der Waals surface area (Å²) in [7, 11) is 0. The number of carbonyl (C=O) groups is 1. The minimum Gasteiger partial charge on any atom is -0.486 e. The zero-order valence-electron chi connectivity index (χ0n) is 13.7. The number of rotatable bonds is 6. The molecule has 0 bridgehead atoms. The summed E-state index contributed by atoms with van der Waals surface area (Å²) in [5.41, 5.74) is 0.844. The Morgan fingerprint density at radius 3 is 2.48 bits per heavy atom. The van der Waals surface area contributed by atoms with Gasteiger partial charge < -0.3 is 24.8 Å². The van der Waals surface area contributed by atoms with E-state index in [1.807, 2.05) is 0 Å². The summed E-state index contributed by atoms with van der Waals surface area (Å²) in [5.74, 6) is 0.487. The van der Waals surface area contributed by atoms with E-state index in [9.17, 15) is 13.6 Å². The van der Waals surface area contributed by atoms with E-state index in [1.165, 1.54) is 18.2 Å². The average molecular weight is 419 g/mol. The highest BCUT2D eigenvalue weighted by atomic mass is 35.5. The second kappa shape index (κ2) is 8.49. The Hall–Kier alpha value is -2.45. The van der Waals surface area contributed by atoms with Crippen molar-refractivity contribution in [3.63, 3.8) is 0 Å². The van der Waals surface area contributed by atoms with Gasteiger partial charge in [-0.25, -0.2) is 0 Å². The van der Waals surface area contributed by atoms with E-state index in [4.69, 9.17) is 32.7 Å². The van der Waals surface area contributed by atoms with Gasteiger partial charge in [-0.2, -0.15) is 8.78 Å². The third-order valence-corrected chi connectivity index (χ3v) is 4.12. The molecule has 0 radical (unpaired) electrons. The topological polar surface area (TPSA) is 68.8 Å². The van der Waals surface area contributed by atoms with Crippen LogP contribution in [0.1, 0.15) is 0 Å². The molecule has 144 valence electrons. The molecule has 0 unspecified atom stereocenters. The predicted octanol–water partition coefficient (Wildman–Crippen LogP) is 4.42. The fraction of sp³-hybridized carbons (Fsp3) is 0.235. The second-order valence-corrected chi connectivity index (χ2v) is 6.22. The van der Waals surface area contributed by atoms with Crippen molar-refractivity contribution in [2.45, 2.75) is 6.61 Å². The lowest BCUT2D eigenvalue weighted by atomic mass is 10.2. The van der Waals surface area contributed by atoms with Crippen LogP contribution in [0.4, 0.5) is 20.2 Å². The third-order valence-electron chi connectivity index (χ3n) is 3.51. The number of halogens is 4. The van der Waals surface area contributed by atoms with Crippen LogP contribution in [-0.4, -0.2) is 32.3 Å². The Bertz CT molecular complexity index is 852. The molecule has 0 aromatic heterocycles. The number of anilines is 2. The van der Waals surface area contributed by atoms with Crippen LogP contribution in [-0.2, 0) is 4.79 Å². The van der Waals surface area contributed by atoms with Crippen molar-refractivity contribution >= 4 is 40.5 Å². The van der Waals surface area contributed by atoms with Crippen molar-refractivity contribution in [2.24, 2.45) is 0 Å². The fourth-order valence-corrected chi connectivity index (χ4v) is 2.76. The van der Waals surface area contributed by atoms with Crippen LogP contribution in [0.5, 0.6) is 17.2 Å². The molecule has 1 heterocycles. The largest absolute Gasteiger partial charge is 0.486 e. The lowest BCUT2D eigenvalue weighted by Crippen LogP contribution is -2.22. The Morgan fingerprint density at radius 1 is 1.11 bits per heavy atom. The molecule has 2 aromatic rings. The quantitative estimate of drug-likeness (QED) is 0.726. The minimum absolute atomic E-state index is 0.00408. The zero-order valence-corrected chi connectivity index (χ0v) is 15.2. The monoisotopic (exact) mass is 418 g/mol. The molecule has 10 heteroatoms. The first-order valence-electron chi connectivity index (χ1n) is 7.79. The Balaban J connectivity index is 1.59. The van der Waals surface area contributed by atoms with Crippen LogP contribution in [0, 0.1) is 0 Å². The third kappa shape index (κ3) is 5.05. The molecule has 2 aromatic carbocycles. The maximum atomic E-state index is 12.2. The van der Waals surface area contributed by atoms with Gasteiger partial charge in [-0.05, 0) is 18.2 Å². The molecule has 0 fully saturated rings. The van der Waals surface area contributed by atoms with Crippen molar-refractivity contribution < 1.29 is 27.8 Å². The molecular formula is C17H14Cl2F2N2O4. The number of fused-ring (bicyclic) bond motifs is 1. The highest BCUT2D eigenvalue weighted by molar-refractivity contribution is 6.34. The first-order chi connectivity index (χ1) is 12.9. The normalized spacial score (nSPS) is 12.6. The highest BCUT2D eigenvalue weighted by Gasteiger charge is 2.16. The van der Waals surface area contributed by atoms with E-state index >= 15 is 0 Å². The number of hydrogen-bond acceptors (Lipinski definition) is 5. The van der Waals surface area contributed by atoms with Crippen molar-refractivity contribution in [3.8, 4) is 17.2 Å². The standard InChI is InChI=1S/C17H14Cl2F2N2O4/c18-10-6-14-15(26-4-3-25-14)7-12(10)23-16(24)8-22-9-1-2-13(11(19)5-9)27-17(20)21/h1-2,5-7,17,22H,3-4,8H2,(H,23,24). The van der Waals surface area contributed by atoms with Gasteiger partial charge in [-0.15, -0.1) is 0 Å². The summed E-state index contributed by atoms with van der Waals surface area (Å²) in [6.45, 7) is -2.23. The van der Waals surface area contributed by atoms with E-state index in [-0.39, 0.29) is 23.2 Å². The van der Waals surface area contributed by atoms with Crippen molar-refractivity contribution in [1.82, 2.24) is 0 Å². The SMILES string of the molecule is O=C(CNc1ccc(OC(F)F)c(Cl)c1)Nc1cc2c(cc1Cl)OCCO2. The van der Waals surface area contributed by atoms with Gasteiger partial charge in [0.25, 0.3) is 0 Å². The van der Waals surface area contributed by atoms with Crippen molar-refractivity contribution in [2.75, 3.05) is 30.4 Å². The first-order valence-corrected chi connectivity index (χ1v) is 8.55. The number of amides is 1. The van der Waals surface area contributed by atoms with Crippen LogP contribution < -0.4 is 24.8 Å². The summed E-state index contributed by atoms with van der Waals surface area (Å²) >= 11 is 12.0. The van der Waals surface area contributed by atoms with Crippen molar-refractivity contribution in [3.05, 3.63) is 40.4 Å². The molecule has 0 aliphatic carbocycles. The molecule has 1 amide bonds.